The molecule has 1 aromatic carbocycles. The molecule has 118 valence electrons. The van der Waals surface area contributed by atoms with Gasteiger partial charge in [-0.2, -0.15) is 13.2 Å². The fraction of sp³-hybridized carbons (Fsp3) is 0.231. The predicted molar refractivity (Wildman–Crippen MR) is 73.8 cm³/mol. The standard InChI is InChI=1S/C13H12F3N3O2S/c1-8-6-9(2)18-12(17-8)19-22(20,21)11-5-3-4-10(7-11)13(14,15)16/h3-7H,1-2H3,(H,17,18,19). The monoisotopic (exact) mass is 331 g/mol. The van der Waals surface area contributed by atoms with Gasteiger partial charge in [0.05, 0.1) is 10.5 Å². The summed E-state index contributed by atoms with van der Waals surface area (Å²) in [6, 6.07) is 5.10. The summed E-state index contributed by atoms with van der Waals surface area (Å²) in [7, 11) is -4.20. The van der Waals surface area contributed by atoms with Gasteiger partial charge in [-0.3, -0.25) is 0 Å². The highest BCUT2D eigenvalue weighted by atomic mass is 32.2. The minimum absolute atomic E-state index is 0.185. The van der Waals surface area contributed by atoms with E-state index in [4.69, 9.17) is 0 Å². The van der Waals surface area contributed by atoms with Crippen LogP contribution in [0.3, 0.4) is 0 Å². The van der Waals surface area contributed by atoms with Gasteiger partial charge in [-0.25, -0.2) is 23.1 Å². The Hall–Kier alpha value is -2.16. The quantitative estimate of drug-likeness (QED) is 0.939. The number of benzene rings is 1. The van der Waals surface area contributed by atoms with Gasteiger partial charge in [0.25, 0.3) is 10.0 Å². The van der Waals surface area contributed by atoms with E-state index in [0.29, 0.717) is 17.5 Å². The molecule has 5 nitrogen and oxygen atoms in total. The topological polar surface area (TPSA) is 72.0 Å². The normalized spacial score (nSPS) is 12.2. The lowest BCUT2D eigenvalue weighted by Crippen LogP contribution is -2.16. The van der Waals surface area contributed by atoms with Gasteiger partial charge in [-0.05, 0) is 38.1 Å². The molecule has 2 rings (SSSR count). The Morgan fingerprint density at radius 1 is 1.05 bits per heavy atom. The number of nitrogens with zero attached hydrogens (tertiary/aromatic N) is 2. The molecule has 0 aliphatic rings. The number of rotatable bonds is 3. The van der Waals surface area contributed by atoms with E-state index in [1.54, 1.807) is 19.9 Å². The second-order valence-electron chi connectivity index (χ2n) is 4.61. The largest absolute Gasteiger partial charge is 0.416 e. The first kappa shape index (κ1) is 16.2. The summed E-state index contributed by atoms with van der Waals surface area (Å²) in [5.74, 6) is -0.185. The van der Waals surface area contributed by atoms with E-state index in [1.807, 2.05) is 0 Å². The highest BCUT2D eigenvalue weighted by Crippen LogP contribution is 2.30. The number of hydrogen-bond acceptors (Lipinski definition) is 4. The van der Waals surface area contributed by atoms with Crippen LogP contribution in [-0.4, -0.2) is 18.4 Å². The van der Waals surface area contributed by atoms with Gasteiger partial charge in [-0.15, -0.1) is 0 Å². The van der Waals surface area contributed by atoms with Crippen LogP contribution in [0.1, 0.15) is 17.0 Å². The average Bonchev–Trinajstić information content (AvgIpc) is 2.36. The molecule has 1 aromatic heterocycles. The van der Waals surface area contributed by atoms with E-state index in [9.17, 15) is 21.6 Å². The van der Waals surface area contributed by atoms with Crippen LogP contribution in [0.2, 0.25) is 0 Å². The molecule has 0 saturated carbocycles. The molecule has 0 aliphatic heterocycles. The summed E-state index contributed by atoms with van der Waals surface area (Å²) < 4.78 is 64.3. The van der Waals surface area contributed by atoms with Crippen molar-refractivity contribution in [3.05, 3.63) is 47.3 Å². The van der Waals surface area contributed by atoms with E-state index in [0.717, 1.165) is 18.2 Å². The van der Waals surface area contributed by atoms with Crippen LogP contribution in [0.4, 0.5) is 19.1 Å². The van der Waals surface area contributed by atoms with E-state index < -0.39 is 26.7 Å². The van der Waals surface area contributed by atoms with E-state index >= 15 is 0 Å². The van der Waals surface area contributed by atoms with Crippen molar-refractivity contribution in [2.75, 3.05) is 4.72 Å². The van der Waals surface area contributed by atoms with Gasteiger partial charge in [0.2, 0.25) is 5.95 Å². The van der Waals surface area contributed by atoms with Crippen molar-refractivity contribution in [3.63, 3.8) is 0 Å². The van der Waals surface area contributed by atoms with Crippen molar-refractivity contribution in [2.24, 2.45) is 0 Å². The maximum Gasteiger partial charge on any atom is 0.416 e. The molecular formula is C13H12F3N3O2S. The molecule has 0 unspecified atom stereocenters. The fourth-order valence-electron chi connectivity index (χ4n) is 1.79. The number of sulfonamides is 1. The molecule has 2 aromatic rings. The van der Waals surface area contributed by atoms with E-state index in [-0.39, 0.29) is 5.95 Å². The zero-order valence-corrected chi connectivity index (χ0v) is 12.5. The Balaban J connectivity index is 2.39. The van der Waals surface area contributed by atoms with Gasteiger partial charge in [-0.1, -0.05) is 6.07 Å². The third kappa shape index (κ3) is 3.73. The van der Waals surface area contributed by atoms with Crippen LogP contribution >= 0.6 is 0 Å². The Morgan fingerprint density at radius 2 is 1.64 bits per heavy atom. The third-order valence-electron chi connectivity index (χ3n) is 2.68. The molecule has 0 amide bonds. The Bertz CT molecular complexity index is 784. The van der Waals surface area contributed by atoms with Crippen LogP contribution in [0.25, 0.3) is 0 Å². The highest BCUT2D eigenvalue weighted by Gasteiger charge is 2.31. The van der Waals surface area contributed by atoms with Gasteiger partial charge in [0.1, 0.15) is 0 Å². The summed E-state index contributed by atoms with van der Waals surface area (Å²) in [6.07, 6.45) is -4.62. The lowest BCUT2D eigenvalue weighted by Gasteiger charge is -2.10. The zero-order chi connectivity index (χ0) is 16.5. The molecule has 1 N–H and O–H groups in total. The summed E-state index contributed by atoms with van der Waals surface area (Å²) >= 11 is 0. The summed E-state index contributed by atoms with van der Waals surface area (Å²) in [4.78, 5) is 7.28. The molecule has 0 radical (unpaired) electrons. The van der Waals surface area contributed by atoms with Crippen molar-refractivity contribution in [3.8, 4) is 0 Å². The first-order chi connectivity index (χ1) is 10.1. The summed E-state index contributed by atoms with van der Waals surface area (Å²) in [5, 5.41) is 0. The van der Waals surface area contributed by atoms with Gasteiger partial charge in [0.15, 0.2) is 0 Å². The lowest BCUT2D eigenvalue weighted by atomic mass is 10.2. The molecule has 0 spiro atoms. The van der Waals surface area contributed by atoms with Crippen LogP contribution in [-0.2, 0) is 16.2 Å². The minimum Gasteiger partial charge on any atom is -0.247 e. The first-order valence-corrected chi connectivity index (χ1v) is 7.58. The highest BCUT2D eigenvalue weighted by molar-refractivity contribution is 7.92. The number of aromatic nitrogens is 2. The summed E-state index contributed by atoms with van der Waals surface area (Å²) in [5.41, 5.74) is 0.0280. The number of nitrogens with one attached hydrogen (secondary N) is 1. The molecule has 1 heterocycles. The lowest BCUT2D eigenvalue weighted by molar-refractivity contribution is -0.137. The second kappa shape index (κ2) is 5.56. The van der Waals surface area contributed by atoms with Crippen molar-refractivity contribution in [1.82, 2.24) is 9.97 Å². The predicted octanol–water partition coefficient (Wildman–Crippen LogP) is 2.91. The maximum absolute atomic E-state index is 12.6. The van der Waals surface area contributed by atoms with Crippen molar-refractivity contribution < 1.29 is 21.6 Å². The second-order valence-corrected chi connectivity index (χ2v) is 6.29. The van der Waals surface area contributed by atoms with Gasteiger partial charge in [0, 0.05) is 11.4 Å². The van der Waals surface area contributed by atoms with Crippen molar-refractivity contribution >= 4 is 16.0 Å². The zero-order valence-electron chi connectivity index (χ0n) is 11.6. The van der Waals surface area contributed by atoms with E-state index in [2.05, 4.69) is 14.7 Å². The van der Waals surface area contributed by atoms with E-state index in [1.165, 1.54) is 0 Å². The Labute approximate surface area is 125 Å². The molecule has 0 bridgehead atoms. The van der Waals surface area contributed by atoms with Crippen LogP contribution < -0.4 is 4.72 Å². The molecule has 22 heavy (non-hydrogen) atoms. The fourth-order valence-corrected chi connectivity index (χ4v) is 2.78. The average molecular weight is 331 g/mol. The van der Waals surface area contributed by atoms with Gasteiger partial charge < -0.3 is 0 Å². The number of halogens is 3. The molecular weight excluding hydrogens is 319 g/mol. The molecule has 9 heteroatoms. The molecule has 0 aliphatic carbocycles. The maximum atomic E-state index is 12.6. The van der Waals surface area contributed by atoms with Crippen LogP contribution in [0.15, 0.2) is 35.2 Å². The van der Waals surface area contributed by atoms with Crippen LogP contribution in [0, 0.1) is 13.8 Å². The van der Waals surface area contributed by atoms with Crippen molar-refractivity contribution in [1.29, 1.82) is 0 Å². The number of aryl methyl sites for hydroxylation is 2. The SMILES string of the molecule is Cc1cc(C)nc(NS(=O)(=O)c2cccc(C(F)(F)F)c2)n1. The minimum atomic E-state index is -4.62. The first-order valence-electron chi connectivity index (χ1n) is 6.10. The van der Waals surface area contributed by atoms with Crippen molar-refractivity contribution in [2.45, 2.75) is 24.9 Å². The Morgan fingerprint density at radius 3 is 2.18 bits per heavy atom. The smallest absolute Gasteiger partial charge is 0.247 e. The Kier molecular flexibility index (Phi) is 4.10. The molecule has 0 saturated heterocycles. The number of alkyl halides is 3. The number of anilines is 1. The molecule has 0 fully saturated rings. The third-order valence-corrected chi connectivity index (χ3v) is 4.01. The number of hydrogen-bond donors (Lipinski definition) is 1. The van der Waals surface area contributed by atoms with Gasteiger partial charge >= 0.3 is 6.18 Å². The van der Waals surface area contributed by atoms with Crippen LogP contribution in [0.5, 0.6) is 0 Å². The summed E-state index contributed by atoms with van der Waals surface area (Å²) in [6.45, 7) is 3.30. The molecule has 0 atom stereocenters.